The van der Waals surface area contributed by atoms with Gasteiger partial charge < -0.3 is 25.8 Å². The molecule has 8 heteroatoms. The Kier molecular flexibility index (Phi) is 8.89. The van der Waals surface area contributed by atoms with Crippen LogP contribution in [0.2, 0.25) is 0 Å². The molecule has 1 amide bonds. The maximum absolute atomic E-state index is 12.4. The fraction of sp³-hybridized carbons (Fsp3) is 0.417. The van der Waals surface area contributed by atoms with Gasteiger partial charge in [0.2, 0.25) is 0 Å². The van der Waals surface area contributed by atoms with E-state index in [1.165, 1.54) is 0 Å². The molecule has 1 atom stereocenters. The lowest BCUT2D eigenvalue weighted by molar-refractivity contribution is -0.150. The first kappa shape index (κ1) is 23.6. The number of nitrogen functional groups attached to an aromatic ring is 1. The van der Waals surface area contributed by atoms with Gasteiger partial charge in [-0.2, -0.15) is 0 Å². The quantitative estimate of drug-likeness (QED) is 0.405. The van der Waals surface area contributed by atoms with Crippen molar-refractivity contribution in [1.82, 2.24) is 4.90 Å². The highest BCUT2D eigenvalue weighted by atomic mass is 16.5. The Morgan fingerprint density at radius 1 is 1.03 bits per heavy atom. The molecule has 172 valence electrons. The van der Waals surface area contributed by atoms with Crippen LogP contribution in [-0.4, -0.2) is 49.7 Å². The van der Waals surface area contributed by atoms with Crippen LogP contribution >= 0.6 is 0 Å². The van der Waals surface area contributed by atoms with E-state index in [1.807, 2.05) is 30.3 Å². The highest BCUT2D eigenvalue weighted by molar-refractivity contribution is 5.88. The minimum absolute atomic E-state index is 0.249. The first-order chi connectivity index (χ1) is 15.5. The van der Waals surface area contributed by atoms with Crippen LogP contribution in [0.15, 0.2) is 54.6 Å². The van der Waals surface area contributed by atoms with Crippen LogP contribution in [0.4, 0.5) is 16.2 Å². The number of esters is 1. The Balaban J connectivity index is 1.35. The zero-order chi connectivity index (χ0) is 22.8. The first-order valence-corrected chi connectivity index (χ1v) is 11.0. The highest BCUT2D eigenvalue weighted by Crippen LogP contribution is 2.20. The number of hydrogen-bond donors (Lipinski definition) is 3. The zero-order valence-corrected chi connectivity index (χ0v) is 18.2. The number of carbonyl (C=O) groups excluding carboxylic acids is 2. The maximum Gasteiger partial charge on any atom is 0.411 e. The second-order valence-electron chi connectivity index (χ2n) is 8.08. The average molecular weight is 441 g/mol. The monoisotopic (exact) mass is 440 g/mol. The van der Waals surface area contributed by atoms with E-state index in [2.05, 4.69) is 10.2 Å². The number of amides is 1. The molecule has 1 heterocycles. The summed E-state index contributed by atoms with van der Waals surface area (Å²) >= 11 is 0. The van der Waals surface area contributed by atoms with Crippen molar-refractivity contribution in [1.29, 1.82) is 0 Å². The molecular weight excluding hydrogens is 408 g/mol. The van der Waals surface area contributed by atoms with Crippen LogP contribution in [-0.2, 0) is 20.9 Å². The summed E-state index contributed by atoms with van der Waals surface area (Å²) in [4.78, 5) is 26.7. The molecule has 3 rings (SSSR count). The Hall–Kier alpha value is -3.10. The number of rotatable bonds is 9. The molecule has 0 radical (unpaired) electrons. The van der Waals surface area contributed by atoms with Crippen LogP contribution in [0.3, 0.4) is 0 Å². The lowest BCUT2D eigenvalue weighted by Crippen LogP contribution is -2.42. The molecule has 0 bridgehead atoms. The molecule has 2 aromatic carbocycles. The number of anilines is 2. The summed E-state index contributed by atoms with van der Waals surface area (Å²) in [5.41, 5.74) is 13.7. The van der Waals surface area contributed by atoms with Gasteiger partial charge in [-0.15, -0.1) is 0 Å². The van der Waals surface area contributed by atoms with E-state index < -0.39 is 6.09 Å². The van der Waals surface area contributed by atoms with E-state index in [1.54, 1.807) is 24.3 Å². The van der Waals surface area contributed by atoms with Gasteiger partial charge in [0.05, 0.1) is 23.9 Å². The molecule has 1 aliphatic heterocycles. The fourth-order valence-electron chi connectivity index (χ4n) is 3.69. The van der Waals surface area contributed by atoms with Crippen LogP contribution < -0.4 is 16.8 Å². The minimum atomic E-state index is -0.505. The van der Waals surface area contributed by atoms with E-state index in [4.69, 9.17) is 20.9 Å². The van der Waals surface area contributed by atoms with Gasteiger partial charge in [0, 0.05) is 13.1 Å². The number of benzene rings is 2. The second-order valence-corrected chi connectivity index (χ2v) is 8.08. The topological polar surface area (TPSA) is 120 Å². The van der Waals surface area contributed by atoms with Crippen molar-refractivity contribution in [2.75, 3.05) is 43.8 Å². The third-order valence-corrected chi connectivity index (χ3v) is 5.68. The average Bonchev–Trinajstić information content (AvgIpc) is 2.82. The SMILES string of the molecule is NCC(CN1CCC(COC(=O)Nc2ccccc2N)CC1)C(=O)OCc1ccccc1. The number of ether oxygens (including phenoxy) is 2. The van der Waals surface area contributed by atoms with Crippen molar-refractivity contribution < 1.29 is 19.1 Å². The molecule has 0 aromatic heterocycles. The molecular formula is C24H32N4O4. The van der Waals surface area contributed by atoms with Crippen LogP contribution in [0, 0.1) is 11.8 Å². The van der Waals surface area contributed by atoms with Crippen molar-refractivity contribution in [3.63, 3.8) is 0 Å². The molecule has 1 fully saturated rings. The van der Waals surface area contributed by atoms with E-state index in [0.717, 1.165) is 31.5 Å². The minimum Gasteiger partial charge on any atom is -0.461 e. The van der Waals surface area contributed by atoms with Gasteiger partial charge in [-0.1, -0.05) is 42.5 Å². The van der Waals surface area contributed by atoms with Gasteiger partial charge in [0.25, 0.3) is 0 Å². The smallest absolute Gasteiger partial charge is 0.411 e. The van der Waals surface area contributed by atoms with Gasteiger partial charge in [-0.05, 0) is 49.5 Å². The van der Waals surface area contributed by atoms with Crippen LogP contribution in [0.5, 0.6) is 0 Å². The molecule has 0 spiro atoms. The lowest BCUT2D eigenvalue weighted by Gasteiger charge is -2.33. The molecule has 32 heavy (non-hydrogen) atoms. The van der Waals surface area contributed by atoms with Crippen molar-refractivity contribution in [3.05, 3.63) is 60.2 Å². The number of nitrogens with zero attached hydrogens (tertiary/aromatic N) is 1. The van der Waals surface area contributed by atoms with Gasteiger partial charge in [0.1, 0.15) is 6.61 Å². The van der Waals surface area contributed by atoms with Crippen LogP contribution in [0.1, 0.15) is 18.4 Å². The number of likely N-dealkylation sites (tertiary alicyclic amines) is 1. The number of hydrogen-bond acceptors (Lipinski definition) is 7. The number of carbonyl (C=O) groups is 2. The highest BCUT2D eigenvalue weighted by Gasteiger charge is 2.26. The molecule has 1 saturated heterocycles. The standard InChI is InChI=1S/C24H32N4O4/c25-14-20(23(29)31-16-18-6-2-1-3-7-18)15-28-12-10-19(11-13-28)17-32-24(30)27-22-9-5-4-8-21(22)26/h1-9,19-20H,10-17,25-26H2,(H,27,30). The van der Waals surface area contributed by atoms with E-state index in [9.17, 15) is 9.59 Å². The molecule has 1 aliphatic rings. The molecule has 0 aliphatic carbocycles. The van der Waals surface area contributed by atoms with Crippen LogP contribution in [0.25, 0.3) is 0 Å². The normalized spacial score (nSPS) is 15.7. The van der Waals surface area contributed by atoms with E-state index in [0.29, 0.717) is 24.5 Å². The third-order valence-electron chi connectivity index (χ3n) is 5.68. The van der Waals surface area contributed by atoms with Crippen molar-refractivity contribution >= 4 is 23.4 Å². The largest absolute Gasteiger partial charge is 0.461 e. The Labute approximate surface area is 188 Å². The van der Waals surface area contributed by atoms with E-state index >= 15 is 0 Å². The lowest BCUT2D eigenvalue weighted by atomic mass is 9.96. The predicted molar refractivity (Wildman–Crippen MR) is 124 cm³/mol. The number of nitrogens with one attached hydrogen (secondary N) is 1. The van der Waals surface area contributed by atoms with Gasteiger partial charge in [-0.3, -0.25) is 10.1 Å². The predicted octanol–water partition coefficient (Wildman–Crippen LogP) is 2.85. The zero-order valence-electron chi connectivity index (χ0n) is 18.2. The summed E-state index contributed by atoms with van der Waals surface area (Å²) in [6, 6.07) is 16.7. The number of nitrogens with two attached hydrogens (primary N) is 2. The number of piperidine rings is 1. The summed E-state index contributed by atoms with van der Waals surface area (Å²) in [7, 11) is 0. The Morgan fingerprint density at radius 3 is 2.41 bits per heavy atom. The molecule has 1 unspecified atom stereocenters. The summed E-state index contributed by atoms with van der Waals surface area (Å²) in [6.07, 6.45) is 1.27. The molecule has 8 nitrogen and oxygen atoms in total. The van der Waals surface area contributed by atoms with Crippen molar-refractivity contribution in [2.24, 2.45) is 17.6 Å². The van der Waals surface area contributed by atoms with Gasteiger partial charge in [0.15, 0.2) is 0 Å². The summed E-state index contributed by atoms with van der Waals surface area (Å²) in [5, 5.41) is 2.67. The van der Waals surface area contributed by atoms with E-state index in [-0.39, 0.29) is 31.0 Å². The Bertz CT molecular complexity index is 869. The molecule has 0 saturated carbocycles. The number of para-hydroxylation sites is 2. The van der Waals surface area contributed by atoms with Gasteiger partial charge >= 0.3 is 12.1 Å². The first-order valence-electron chi connectivity index (χ1n) is 11.0. The maximum atomic E-state index is 12.4. The summed E-state index contributed by atoms with van der Waals surface area (Å²) in [6.45, 7) is 3.08. The summed E-state index contributed by atoms with van der Waals surface area (Å²) < 4.78 is 10.8. The second kappa shape index (κ2) is 12.1. The van der Waals surface area contributed by atoms with Crippen molar-refractivity contribution in [3.8, 4) is 0 Å². The van der Waals surface area contributed by atoms with Gasteiger partial charge in [-0.25, -0.2) is 4.79 Å². The fourth-order valence-corrected chi connectivity index (χ4v) is 3.69. The third kappa shape index (κ3) is 7.25. The molecule has 5 N–H and O–H groups in total. The van der Waals surface area contributed by atoms with Crippen molar-refractivity contribution in [2.45, 2.75) is 19.4 Å². The Morgan fingerprint density at radius 2 is 1.72 bits per heavy atom. The molecule has 2 aromatic rings. The summed E-state index contributed by atoms with van der Waals surface area (Å²) in [5.74, 6) is -0.334.